The van der Waals surface area contributed by atoms with Crippen LogP contribution in [0, 0.1) is 0 Å². The molecule has 5 heteroatoms. The Morgan fingerprint density at radius 3 is 2.58 bits per heavy atom. The maximum Gasteiger partial charge on any atom is 0.335 e. The Bertz CT molecular complexity index is 1100. The lowest BCUT2D eigenvalue weighted by molar-refractivity contribution is 0.0697. The van der Waals surface area contributed by atoms with Gasteiger partial charge in [-0.15, -0.1) is 0 Å². The third-order valence-electron chi connectivity index (χ3n) is 4.47. The van der Waals surface area contributed by atoms with E-state index in [1.807, 2.05) is 42.7 Å². The summed E-state index contributed by atoms with van der Waals surface area (Å²) in [7, 11) is 0. The number of carboxylic acid groups (broad SMARTS) is 1. The van der Waals surface area contributed by atoms with Gasteiger partial charge in [-0.2, -0.15) is 0 Å². The number of hydrogen-bond acceptors (Lipinski definition) is 3. The molecule has 0 aliphatic carbocycles. The number of nitrogens with one attached hydrogen (secondary N) is 1. The Hall–Kier alpha value is -3.44. The monoisotopic (exact) mass is 343 g/mol. The molecule has 0 saturated carbocycles. The van der Waals surface area contributed by atoms with Crippen LogP contribution in [0.1, 0.15) is 15.9 Å². The van der Waals surface area contributed by atoms with Gasteiger partial charge in [0.2, 0.25) is 0 Å². The molecule has 2 aromatic heterocycles. The predicted octanol–water partition coefficient (Wildman–Crippen LogP) is 4.05. The number of aromatic amines is 1. The smallest absolute Gasteiger partial charge is 0.335 e. The number of carboxylic acids is 1. The minimum Gasteiger partial charge on any atom is -0.478 e. The lowest BCUT2D eigenvalue weighted by Gasteiger charge is -2.05. The molecule has 4 N–H and O–H groups in total. The molecule has 0 bridgehead atoms. The molecule has 4 aromatic rings. The highest BCUT2D eigenvalue weighted by molar-refractivity contribution is 5.96. The highest BCUT2D eigenvalue weighted by Gasteiger charge is 2.10. The van der Waals surface area contributed by atoms with Gasteiger partial charge in [0.05, 0.1) is 5.56 Å². The van der Waals surface area contributed by atoms with Gasteiger partial charge in [0, 0.05) is 35.5 Å². The first kappa shape index (κ1) is 16.1. The van der Waals surface area contributed by atoms with E-state index in [1.165, 1.54) is 0 Å². The summed E-state index contributed by atoms with van der Waals surface area (Å²) in [5.74, 6) is -0.931. The van der Waals surface area contributed by atoms with Gasteiger partial charge < -0.3 is 15.8 Å². The number of H-pyrrole nitrogens is 1. The fourth-order valence-electron chi connectivity index (χ4n) is 3.07. The van der Waals surface area contributed by atoms with Crippen molar-refractivity contribution in [1.82, 2.24) is 9.97 Å². The molecule has 5 nitrogen and oxygen atoms in total. The van der Waals surface area contributed by atoms with Gasteiger partial charge in [0.1, 0.15) is 5.65 Å². The topological polar surface area (TPSA) is 92.0 Å². The number of carbonyl (C=O) groups is 1. The first-order valence-electron chi connectivity index (χ1n) is 8.26. The summed E-state index contributed by atoms with van der Waals surface area (Å²) in [5.41, 5.74) is 11.9. The second-order valence-electron chi connectivity index (χ2n) is 6.11. The van der Waals surface area contributed by atoms with E-state index in [1.54, 1.807) is 12.1 Å². The third kappa shape index (κ3) is 2.85. The van der Waals surface area contributed by atoms with E-state index in [-0.39, 0.29) is 5.56 Å². The summed E-state index contributed by atoms with van der Waals surface area (Å²) in [6, 6.07) is 17.0. The molecule has 0 unspecified atom stereocenters. The van der Waals surface area contributed by atoms with Crippen LogP contribution in [-0.4, -0.2) is 21.0 Å². The normalized spacial score (nSPS) is 11.0. The van der Waals surface area contributed by atoms with Crippen molar-refractivity contribution in [2.24, 2.45) is 5.73 Å². The van der Waals surface area contributed by atoms with Gasteiger partial charge >= 0.3 is 5.97 Å². The van der Waals surface area contributed by atoms with Crippen LogP contribution in [0.15, 0.2) is 67.0 Å². The molecule has 2 heterocycles. The zero-order valence-corrected chi connectivity index (χ0v) is 13.9. The molecular formula is C21H17N3O2. The Morgan fingerprint density at radius 2 is 1.85 bits per heavy atom. The third-order valence-corrected chi connectivity index (χ3v) is 4.47. The van der Waals surface area contributed by atoms with Crippen LogP contribution in [-0.2, 0) is 6.54 Å². The highest BCUT2D eigenvalue weighted by atomic mass is 16.4. The van der Waals surface area contributed by atoms with Crippen molar-refractivity contribution in [3.63, 3.8) is 0 Å². The summed E-state index contributed by atoms with van der Waals surface area (Å²) >= 11 is 0. The van der Waals surface area contributed by atoms with Crippen LogP contribution in [0.2, 0.25) is 0 Å². The number of hydrogen-bond donors (Lipinski definition) is 3. The molecule has 0 atom stereocenters. The summed E-state index contributed by atoms with van der Waals surface area (Å²) in [6.07, 6.45) is 3.74. The fraction of sp³-hybridized carbons (Fsp3) is 0.0476. The molecule has 0 spiro atoms. The van der Waals surface area contributed by atoms with Crippen molar-refractivity contribution in [1.29, 1.82) is 0 Å². The average molecular weight is 343 g/mol. The predicted molar refractivity (Wildman–Crippen MR) is 102 cm³/mol. The minimum atomic E-state index is -0.931. The molecule has 0 radical (unpaired) electrons. The zero-order chi connectivity index (χ0) is 18.1. The van der Waals surface area contributed by atoms with E-state index in [9.17, 15) is 4.79 Å². The zero-order valence-electron chi connectivity index (χ0n) is 13.9. The molecule has 0 aliphatic rings. The quantitative estimate of drug-likeness (QED) is 0.521. The highest BCUT2D eigenvalue weighted by Crippen LogP contribution is 2.31. The van der Waals surface area contributed by atoms with E-state index in [0.29, 0.717) is 6.54 Å². The SMILES string of the molecule is NCc1cccc(-c2cnc3[nH]cc(-c4ccc(C(=O)O)cc4)c3c2)c1. The van der Waals surface area contributed by atoms with Crippen LogP contribution in [0.4, 0.5) is 0 Å². The maximum atomic E-state index is 11.0. The minimum absolute atomic E-state index is 0.269. The lowest BCUT2D eigenvalue weighted by atomic mass is 10.0. The Morgan fingerprint density at radius 1 is 1.04 bits per heavy atom. The van der Waals surface area contributed by atoms with E-state index < -0.39 is 5.97 Å². The largest absolute Gasteiger partial charge is 0.478 e. The number of aromatic carboxylic acids is 1. The summed E-state index contributed by atoms with van der Waals surface area (Å²) < 4.78 is 0. The van der Waals surface area contributed by atoms with Gasteiger partial charge in [0.25, 0.3) is 0 Å². The van der Waals surface area contributed by atoms with Gasteiger partial charge in [-0.05, 0) is 41.0 Å². The number of pyridine rings is 1. The number of aromatic nitrogens is 2. The van der Waals surface area contributed by atoms with E-state index in [0.717, 1.165) is 38.9 Å². The van der Waals surface area contributed by atoms with Crippen molar-refractivity contribution >= 4 is 17.0 Å². The molecule has 0 saturated heterocycles. The van der Waals surface area contributed by atoms with Gasteiger partial charge in [-0.25, -0.2) is 9.78 Å². The standard InChI is InChI=1S/C21H17N3O2/c22-10-13-2-1-3-16(8-13)17-9-18-19(12-24-20(18)23-11-17)14-4-6-15(7-5-14)21(25)26/h1-9,11-12H,10,22H2,(H,23,24)(H,25,26). The van der Waals surface area contributed by atoms with Crippen LogP contribution in [0.3, 0.4) is 0 Å². The molecule has 2 aromatic carbocycles. The number of benzene rings is 2. The molecule has 0 fully saturated rings. The maximum absolute atomic E-state index is 11.0. The Labute approximate surface area is 150 Å². The van der Waals surface area contributed by atoms with Crippen LogP contribution in [0.25, 0.3) is 33.3 Å². The van der Waals surface area contributed by atoms with E-state index in [2.05, 4.69) is 22.1 Å². The summed E-state index contributed by atoms with van der Waals surface area (Å²) in [6.45, 7) is 0.495. The van der Waals surface area contributed by atoms with Crippen LogP contribution in [0.5, 0.6) is 0 Å². The van der Waals surface area contributed by atoms with Gasteiger partial charge in [-0.1, -0.05) is 30.3 Å². The fourth-order valence-corrected chi connectivity index (χ4v) is 3.07. The Kier molecular flexibility index (Phi) is 3.99. The molecule has 4 rings (SSSR count). The van der Waals surface area contributed by atoms with Crippen molar-refractivity contribution in [2.75, 3.05) is 0 Å². The lowest BCUT2D eigenvalue weighted by Crippen LogP contribution is -1.95. The summed E-state index contributed by atoms with van der Waals surface area (Å²) in [5, 5.41) is 10.0. The number of fused-ring (bicyclic) bond motifs is 1. The van der Waals surface area contributed by atoms with Crippen LogP contribution >= 0.6 is 0 Å². The summed E-state index contributed by atoms with van der Waals surface area (Å²) in [4.78, 5) is 18.7. The number of rotatable bonds is 4. The molecule has 0 aliphatic heterocycles. The molecule has 26 heavy (non-hydrogen) atoms. The van der Waals surface area contributed by atoms with Crippen molar-refractivity contribution in [3.8, 4) is 22.3 Å². The second-order valence-corrected chi connectivity index (χ2v) is 6.11. The van der Waals surface area contributed by atoms with Crippen molar-refractivity contribution in [2.45, 2.75) is 6.54 Å². The first-order chi connectivity index (χ1) is 12.7. The van der Waals surface area contributed by atoms with Crippen molar-refractivity contribution < 1.29 is 9.90 Å². The molecule has 128 valence electrons. The van der Waals surface area contributed by atoms with Gasteiger partial charge in [0.15, 0.2) is 0 Å². The molecule has 0 amide bonds. The van der Waals surface area contributed by atoms with E-state index >= 15 is 0 Å². The number of nitrogens with zero attached hydrogens (tertiary/aromatic N) is 1. The van der Waals surface area contributed by atoms with Crippen molar-refractivity contribution in [3.05, 3.63) is 78.1 Å². The molecular weight excluding hydrogens is 326 g/mol. The first-order valence-corrected chi connectivity index (χ1v) is 8.26. The average Bonchev–Trinajstić information content (AvgIpc) is 3.11. The van der Waals surface area contributed by atoms with Crippen LogP contribution < -0.4 is 5.73 Å². The second kappa shape index (κ2) is 6.46. The number of nitrogens with two attached hydrogens (primary N) is 1. The van der Waals surface area contributed by atoms with E-state index in [4.69, 9.17) is 10.8 Å². The van der Waals surface area contributed by atoms with Gasteiger partial charge in [-0.3, -0.25) is 0 Å². The Balaban J connectivity index is 1.80.